The highest BCUT2D eigenvalue weighted by atomic mass is 16.6. The fraction of sp³-hybridized carbons (Fsp3) is 0.600. The van der Waals surface area contributed by atoms with E-state index in [1.807, 2.05) is 6.08 Å². The topological polar surface area (TPSA) is 72.8 Å². The van der Waals surface area contributed by atoms with E-state index in [0.717, 1.165) is 70.6 Å². The molecule has 0 aliphatic rings. The van der Waals surface area contributed by atoms with Gasteiger partial charge in [0.05, 0.1) is 13.0 Å². The number of ether oxygens (including phenoxy) is 2. The Morgan fingerprint density at radius 2 is 1.02 bits per heavy atom. The third-order valence-electron chi connectivity index (χ3n) is 6.96. The quantitative estimate of drug-likeness (QED) is 0.0489. The van der Waals surface area contributed by atoms with Crippen molar-refractivity contribution in [1.82, 2.24) is 0 Å². The number of unbranched alkanes of at least 4 members (excludes halogenated alkanes) is 9. The van der Waals surface area contributed by atoms with Crippen molar-refractivity contribution < 1.29 is 24.2 Å². The molecule has 0 amide bonds. The number of hydrogen-bond donors (Lipinski definition) is 1. The molecule has 0 aliphatic carbocycles. The number of aliphatic hydroxyl groups is 1. The zero-order valence-electron chi connectivity index (χ0n) is 28.6. The van der Waals surface area contributed by atoms with Gasteiger partial charge in [-0.15, -0.1) is 0 Å². The van der Waals surface area contributed by atoms with E-state index in [1.165, 1.54) is 38.5 Å². The SMILES string of the molecule is CC/C=C\C/C=C\C/C=C\C/C=C\C/C=C\CC(=O)OC(CO)COC(=O)CCCCCCC/C=C\C/C=C\CCCCCC. The second-order valence-corrected chi connectivity index (χ2v) is 11.2. The second kappa shape index (κ2) is 35.6. The zero-order chi connectivity index (χ0) is 32.9. The number of aliphatic hydroxyl groups excluding tert-OH is 1. The largest absolute Gasteiger partial charge is 0.462 e. The van der Waals surface area contributed by atoms with Gasteiger partial charge >= 0.3 is 11.9 Å². The van der Waals surface area contributed by atoms with Crippen LogP contribution in [-0.2, 0) is 19.1 Å². The van der Waals surface area contributed by atoms with Crippen LogP contribution in [0.4, 0.5) is 0 Å². The molecule has 0 aliphatic heterocycles. The van der Waals surface area contributed by atoms with E-state index in [4.69, 9.17) is 9.47 Å². The van der Waals surface area contributed by atoms with Crippen molar-refractivity contribution >= 4 is 11.9 Å². The average molecular weight is 625 g/mol. The van der Waals surface area contributed by atoms with Crippen molar-refractivity contribution in [2.75, 3.05) is 13.2 Å². The Hall–Kier alpha value is -2.92. The summed E-state index contributed by atoms with van der Waals surface area (Å²) >= 11 is 0. The van der Waals surface area contributed by atoms with Crippen molar-refractivity contribution in [3.05, 3.63) is 85.1 Å². The van der Waals surface area contributed by atoms with Crippen LogP contribution in [0.5, 0.6) is 0 Å². The molecular formula is C40H64O5. The van der Waals surface area contributed by atoms with Gasteiger partial charge in [0.15, 0.2) is 6.10 Å². The maximum absolute atomic E-state index is 12.1. The van der Waals surface area contributed by atoms with Crippen LogP contribution in [0.15, 0.2) is 85.1 Å². The fourth-order valence-electron chi connectivity index (χ4n) is 4.30. The Bertz CT molecular complexity index is 890. The Morgan fingerprint density at radius 1 is 0.556 bits per heavy atom. The first-order valence-electron chi connectivity index (χ1n) is 17.6. The summed E-state index contributed by atoms with van der Waals surface area (Å²) in [5, 5.41) is 9.50. The van der Waals surface area contributed by atoms with Crippen LogP contribution in [0, 0.1) is 0 Å². The van der Waals surface area contributed by atoms with Crippen LogP contribution in [-0.4, -0.2) is 36.4 Å². The molecule has 5 heteroatoms. The second-order valence-electron chi connectivity index (χ2n) is 11.2. The standard InChI is InChI=1S/C40H64O5/c1-3-5-7-9-11-13-15-17-19-21-22-24-26-28-30-32-34-39(42)44-37-38(36-41)45-40(43)35-33-31-29-27-25-23-20-18-16-14-12-10-8-6-4-2/h6,8,12-15,18-21,25,27,31,33,38,41H,3-5,7,9-11,16-17,22-24,26,28-30,32,34-37H2,1-2H3/b8-6-,14-12-,15-13-,20-18-,21-19-,27-25-,33-31-. The number of rotatable bonds is 30. The molecule has 0 fully saturated rings. The van der Waals surface area contributed by atoms with Crippen molar-refractivity contribution in [3.8, 4) is 0 Å². The number of carbonyl (C=O) groups excluding carboxylic acids is 2. The van der Waals surface area contributed by atoms with Gasteiger partial charge in [-0.1, -0.05) is 137 Å². The number of esters is 2. The molecule has 0 heterocycles. The third-order valence-corrected chi connectivity index (χ3v) is 6.96. The highest BCUT2D eigenvalue weighted by molar-refractivity contribution is 5.71. The van der Waals surface area contributed by atoms with Crippen LogP contribution in [0.2, 0.25) is 0 Å². The summed E-state index contributed by atoms with van der Waals surface area (Å²) in [6.45, 7) is 3.88. The van der Waals surface area contributed by atoms with Gasteiger partial charge in [-0.3, -0.25) is 9.59 Å². The molecule has 0 radical (unpaired) electrons. The van der Waals surface area contributed by atoms with Gasteiger partial charge in [0, 0.05) is 6.42 Å². The molecule has 5 nitrogen and oxygen atoms in total. The Balaban J connectivity index is 3.77. The van der Waals surface area contributed by atoms with Gasteiger partial charge in [0.1, 0.15) is 6.61 Å². The van der Waals surface area contributed by atoms with E-state index in [2.05, 4.69) is 86.8 Å². The lowest BCUT2D eigenvalue weighted by molar-refractivity contribution is -0.160. The number of allylic oxidation sites excluding steroid dienone is 13. The van der Waals surface area contributed by atoms with E-state index in [9.17, 15) is 14.7 Å². The van der Waals surface area contributed by atoms with Crippen molar-refractivity contribution in [2.45, 2.75) is 142 Å². The molecule has 0 rings (SSSR count). The van der Waals surface area contributed by atoms with Gasteiger partial charge in [0.25, 0.3) is 0 Å². The van der Waals surface area contributed by atoms with E-state index >= 15 is 0 Å². The van der Waals surface area contributed by atoms with E-state index in [0.29, 0.717) is 6.42 Å². The van der Waals surface area contributed by atoms with Crippen molar-refractivity contribution in [1.29, 1.82) is 0 Å². The Kier molecular flexibility index (Phi) is 33.3. The first-order valence-corrected chi connectivity index (χ1v) is 17.6. The van der Waals surface area contributed by atoms with Gasteiger partial charge < -0.3 is 14.6 Å². The van der Waals surface area contributed by atoms with Gasteiger partial charge in [-0.2, -0.15) is 0 Å². The minimum Gasteiger partial charge on any atom is -0.462 e. The lowest BCUT2D eigenvalue weighted by Gasteiger charge is -2.15. The summed E-state index contributed by atoms with van der Waals surface area (Å²) in [4.78, 5) is 24.1. The highest BCUT2D eigenvalue weighted by Crippen LogP contribution is 2.09. The van der Waals surface area contributed by atoms with Gasteiger partial charge in [0.2, 0.25) is 0 Å². The molecule has 0 saturated carbocycles. The predicted octanol–water partition coefficient (Wildman–Crippen LogP) is 10.8. The molecule has 0 aromatic carbocycles. The number of hydrogen-bond acceptors (Lipinski definition) is 5. The summed E-state index contributed by atoms with van der Waals surface area (Å²) < 4.78 is 10.5. The van der Waals surface area contributed by atoms with Gasteiger partial charge in [-0.25, -0.2) is 0 Å². The van der Waals surface area contributed by atoms with Crippen molar-refractivity contribution in [2.24, 2.45) is 0 Å². The lowest BCUT2D eigenvalue weighted by Crippen LogP contribution is -2.28. The molecule has 0 aromatic heterocycles. The van der Waals surface area contributed by atoms with Crippen LogP contribution < -0.4 is 0 Å². The molecule has 254 valence electrons. The Labute approximate surface area is 275 Å². The molecular weight excluding hydrogens is 560 g/mol. The molecule has 0 saturated heterocycles. The van der Waals surface area contributed by atoms with Crippen LogP contribution >= 0.6 is 0 Å². The fourth-order valence-corrected chi connectivity index (χ4v) is 4.30. The molecule has 1 unspecified atom stereocenters. The summed E-state index contributed by atoms with van der Waals surface area (Å²) in [6.07, 6.45) is 48.0. The maximum Gasteiger partial charge on any atom is 0.310 e. The molecule has 45 heavy (non-hydrogen) atoms. The van der Waals surface area contributed by atoms with Crippen LogP contribution in [0.3, 0.4) is 0 Å². The molecule has 0 spiro atoms. The van der Waals surface area contributed by atoms with E-state index in [-0.39, 0.29) is 25.6 Å². The first kappa shape index (κ1) is 42.1. The Morgan fingerprint density at radius 3 is 1.56 bits per heavy atom. The van der Waals surface area contributed by atoms with Crippen molar-refractivity contribution in [3.63, 3.8) is 0 Å². The number of carbonyl (C=O) groups is 2. The summed E-state index contributed by atoms with van der Waals surface area (Å²) in [5.41, 5.74) is 0. The van der Waals surface area contributed by atoms with Crippen LogP contribution in [0.1, 0.15) is 136 Å². The molecule has 0 bridgehead atoms. The normalized spacial score (nSPS) is 13.2. The average Bonchev–Trinajstić information content (AvgIpc) is 3.04. The van der Waals surface area contributed by atoms with E-state index < -0.39 is 12.1 Å². The molecule has 1 N–H and O–H groups in total. The minimum atomic E-state index is -0.835. The third kappa shape index (κ3) is 33.8. The summed E-state index contributed by atoms with van der Waals surface area (Å²) in [6, 6.07) is 0. The van der Waals surface area contributed by atoms with Crippen LogP contribution in [0.25, 0.3) is 0 Å². The van der Waals surface area contributed by atoms with Gasteiger partial charge in [-0.05, 0) is 70.6 Å². The maximum atomic E-state index is 12.1. The van der Waals surface area contributed by atoms with E-state index in [1.54, 1.807) is 6.08 Å². The summed E-state index contributed by atoms with van der Waals surface area (Å²) in [5.74, 6) is -0.765. The molecule has 0 aromatic rings. The lowest BCUT2D eigenvalue weighted by atomic mass is 10.1. The smallest absolute Gasteiger partial charge is 0.310 e. The minimum absolute atomic E-state index is 0.115. The monoisotopic (exact) mass is 624 g/mol. The molecule has 1 atom stereocenters. The predicted molar refractivity (Wildman–Crippen MR) is 191 cm³/mol. The highest BCUT2D eigenvalue weighted by Gasteiger charge is 2.15. The first-order chi connectivity index (χ1) is 22.1. The summed E-state index contributed by atoms with van der Waals surface area (Å²) in [7, 11) is 0. The zero-order valence-corrected chi connectivity index (χ0v) is 28.6.